The molecular formula is C18H14F3N3O. The van der Waals surface area contributed by atoms with Crippen molar-refractivity contribution >= 4 is 5.78 Å². The Morgan fingerprint density at radius 1 is 1.04 bits per heavy atom. The molecule has 0 aliphatic carbocycles. The molecule has 0 saturated carbocycles. The van der Waals surface area contributed by atoms with Gasteiger partial charge in [-0.3, -0.25) is 4.79 Å². The molecule has 0 spiro atoms. The third-order valence-electron chi connectivity index (χ3n) is 3.74. The van der Waals surface area contributed by atoms with Crippen LogP contribution in [-0.2, 0) is 12.7 Å². The van der Waals surface area contributed by atoms with Gasteiger partial charge in [-0.1, -0.05) is 59.8 Å². The molecule has 0 unspecified atom stereocenters. The Morgan fingerprint density at radius 3 is 2.24 bits per heavy atom. The van der Waals surface area contributed by atoms with Crippen molar-refractivity contribution < 1.29 is 18.0 Å². The van der Waals surface area contributed by atoms with Gasteiger partial charge < -0.3 is 0 Å². The van der Waals surface area contributed by atoms with Crippen LogP contribution in [0.1, 0.15) is 28.5 Å². The van der Waals surface area contributed by atoms with Crippen LogP contribution in [0.25, 0.3) is 11.3 Å². The molecule has 2 aromatic carbocycles. The minimum atomic E-state index is -4.60. The summed E-state index contributed by atoms with van der Waals surface area (Å²) >= 11 is 0. The first-order valence-electron chi connectivity index (χ1n) is 7.52. The number of hydrogen-bond donors (Lipinski definition) is 0. The minimum Gasteiger partial charge on any atom is -0.295 e. The average molecular weight is 345 g/mol. The van der Waals surface area contributed by atoms with Gasteiger partial charge in [-0.25, -0.2) is 4.68 Å². The van der Waals surface area contributed by atoms with Crippen LogP contribution in [0.4, 0.5) is 13.2 Å². The fourth-order valence-corrected chi connectivity index (χ4v) is 2.52. The van der Waals surface area contributed by atoms with Crippen molar-refractivity contribution in [3.8, 4) is 11.3 Å². The lowest BCUT2D eigenvalue weighted by molar-refractivity contribution is -0.143. The molecule has 0 radical (unpaired) electrons. The summed E-state index contributed by atoms with van der Waals surface area (Å²) in [5, 5.41) is 7.42. The summed E-state index contributed by atoms with van der Waals surface area (Å²) in [4.78, 5) is 11.3. The zero-order valence-electron chi connectivity index (χ0n) is 13.3. The standard InChI is InChI=1S/C18H14F3N3O/c1-12(25)14-7-9-15(10-8-14)16-17(18(19,20)21)24(23-22-16)11-13-5-3-2-4-6-13/h2-10H,11H2,1H3. The monoisotopic (exact) mass is 345 g/mol. The van der Waals surface area contributed by atoms with Gasteiger partial charge in [0.15, 0.2) is 11.5 Å². The maximum absolute atomic E-state index is 13.6. The molecule has 0 aliphatic rings. The molecule has 0 amide bonds. The Balaban J connectivity index is 2.04. The second-order valence-corrected chi connectivity index (χ2v) is 5.56. The van der Waals surface area contributed by atoms with Crippen molar-refractivity contribution in [3.63, 3.8) is 0 Å². The van der Waals surface area contributed by atoms with E-state index in [1.165, 1.54) is 31.2 Å². The maximum atomic E-state index is 13.6. The number of alkyl halides is 3. The molecular weight excluding hydrogens is 331 g/mol. The Morgan fingerprint density at radius 2 is 1.68 bits per heavy atom. The highest BCUT2D eigenvalue weighted by Crippen LogP contribution is 2.36. The van der Waals surface area contributed by atoms with Gasteiger partial charge in [0.2, 0.25) is 0 Å². The molecule has 7 heteroatoms. The van der Waals surface area contributed by atoms with E-state index in [9.17, 15) is 18.0 Å². The average Bonchev–Trinajstić information content (AvgIpc) is 3.00. The quantitative estimate of drug-likeness (QED) is 0.666. The van der Waals surface area contributed by atoms with E-state index in [1.807, 2.05) is 0 Å². The molecule has 0 bridgehead atoms. The first kappa shape index (κ1) is 16.9. The minimum absolute atomic E-state index is 0.0335. The molecule has 0 atom stereocenters. The van der Waals surface area contributed by atoms with Crippen LogP contribution < -0.4 is 0 Å². The van der Waals surface area contributed by atoms with Crippen LogP contribution in [0.5, 0.6) is 0 Å². The van der Waals surface area contributed by atoms with E-state index in [0.29, 0.717) is 11.1 Å². The number of hydrogen-bond acceptors (Lipinski definition) is 3. The number of halogens is 3. The Hall–Kier alpha value is -2.96. The van der Waals surface area contributed by atoms with E-state index in [0.717, 1.165) is 4.68 Å². The summed E-state index contributed by atoms with van der Waals surface area (Å²) in [7, 11) is 0. The molecule has 0 aliphatic heterocycles. The second kappa shape index (κ2) is 6.51. The van der Waals surface area contributed by atoms with E-state index in [1.54, 1.807) is 30.3 Å². The van der Waals surface area contributed by atoms with Crippen molar-refractivity contribution in [2.24, 2.45) is 0 Å². The zero-order chi connectivity index (χ0) is 18.0. The van der Waals surface area contributed by atoms with Gasteiger partial charge in [0.05, 0.1) is 6.54 Å². The summed E-state index contributed by atoms with van der Waals surface area (Å²) in [6.07, 6.45) is -4.60. The first-order valence-corrected chi connectivity index (χ1v) is 7.52. The van der Waals surface area contributed by atoms with Crippen LogP contribution in [0.15, 0.2) is 54.6 Å². The van der Waals surface area contributed by atoms with Crippen LogP contribution in [-0.4, -0.2) is 20.8 Å². The highest BCUT2D eigenvalue weighted by molar-refractivity contribution is 5.94. The fourth-order valence-electron chi connectivity index (χ4n) is 2.52. The number of Topliss-reactive ketones (excluding diaryl/α,β-unsaturated/α-hetero) is 1. The molecule has 0 N–H and O–H groups in total. The summed E-state index contributed by atoms with van der Waals surface area (Å²) < 4.78 is 41.6. The van der Waals surface area contributed by atoms with Crippen molar-refractivity contribution in [3.05, 3.63) is 71.4 Å². The topological polar surface area (TPSA) is 47.8 Å². The molecule has 128 valence electrons. The van der Waals surface area contributed by atoms with Crippen LogP contribution in [0.3, 0.4) is 0 Å². The number of ketones is 1. The van der Waals surface area contributed by atoms with Gasteiger partial charge in [0.1, 0.15) is 5.69 Å². The number of carbonyl (C=O) groups is 1. The number of benzene rings is 2. The smallest absolute Gasteiger partial charge is 0.295 e. The van der Waals surface area contributed by atoms with Gasteiger partial charge in [-0.2, -0.15) is 13.2 Å². The normalized spacial score (nSPS) is 11.5. The summed E-state index contributed by atoms with van der Waals surface area (Å²) in [6, 6.07) is 14.6. The highest BCUT2D eigenvalue weighted by atomic mass is 19.4. The Labute approximate surface area is 141 Å². The second-order valence-electron chi connectivity index (χ2n) is 5.56. The highest BCUT2D eigenvalue weighted by Gasteiger charge is 2.39. The predicted molar refractivity (Wildman–Crippen MR) is 86.0 cm³/mol. The molecule has 25 heavy (non-hydrogen) atoms. The molecule has 1 aromatic heterocycles. The van der Waals surface area contributed by atoms with Crippen LogP contribution in [0, 0.1) is 0 Å². The third-order valence-corrected chi connectivity index (χ3v) is 3.74. The maximum Gasteiger partial charge on any atom is 0.435 e. The van der Waals surface area contributed by atoms with E-state index in [2.05, 4.69) is 10.3 Å². The number of aromatic nitrogens is 3. The van der Waals surface area contributed by atoms with E-state index < -0.39 is 11.9 Å². The van der Waals surface area contributed by atoms with Gasteiger partial charge in [0.25, 0.3) is 0 Å². The van der Waals surface area contributed by atoms with Crippen molar-refractivity contribution in [1.82, 2.24) is 15.0 Å². The summed E-state index contributed by atoms with van der Waals surface area (Å²) in [5.41, 5.74) is 0.215. The number of carbonyl (C=O) groups excluding carboxylic acids is 1. The summed E-state index contributed by atoms with van der Waals surface area (Å²) in [6.45, 7) is 1.36. The molecule has 4 nitrogen and oxygen atoms in total. The van der Waals surface area contributed by atoms with Gasteiger partial charge >= 0.3 is 6.18 Å². The fraction of sp³-hybridized carbons (Fsp3) is 0.167. The zero-order valence-corrected chi connectivity index (χ0v) is 13.3. The van der Waals surface area contributed by atoms with Gasteiger partial charge in [-0.05, 0) is 12.5 Å². The number of nitrogens with zero attached hydrogens (tertiary/aromatic N) is 3. The lowest BCUT2D eigenvalue weighted by Crippen LogP contribution is -2.16. The van der Waals surface area contributed by atoms with Crippen molar-refractivity contribution in [2.45, 2.75) is 19.6 Å². The lowest BCUT2D eigenvalue weighted by atomic mass is 10.1. The molecule has 1 heterocycles. The van der Waals surface area contributed by atoms with E-state index >= 15 is 0 Å². The lowest BCUT2D eigenvalue weighted by Gasteiger charge is -2.11. The third kappa shape index (κ3) is 3.60. The number of rotatable bonds is 4. The van der Waals surface area contributed by atoms with Gasteiger partial charge in [-0.15, -0.1) is 5.10 Å². The largest absolute Gasteiger partial charge is 0.435 e. The Kier molecular flexibility index (Phi) is 4.39. The predicted octanol–water partition coefficient (Wildman–Crippen LogP) is 4.21. The van der Waals surface area contributed by atoms with Crippen molar-refractivity contribution in [2.75, 3.05) is 0 Å². The van der Waals surface area contributed by atoms with Crippen molar-refractivity contribution in [1.29, 1.82) is 0 Å². The van der Waals surface area contributed by atoms with Gasteiger partial charge in [0, 0.05) is 11.1 Å². The van der Waals surface area contributed by atoms with Crippen LogP contribution in [0.2, 0.25) is 0 Å². The first-order chi connectivity index (χ1) is 11.9. The molecule has 3 rings (SSSR count). The molecule has 0 fully saturated rings. The van der Waals surface area contributed by atoms with E-state index in [-0.39, 0.29) is 23.6 Å². The molecule has 0 saturated heterocycles. The van der Waals surface area contributed by atoms with E-state index in [4.69, 9.17) is 0 Å². The Bertz CT molecular complexity index is 884. The summed E-state index contributed by atoms with van der Waals surface area (Å²) in [5.74, 6) is -0.157. The SMILES string of the molecule is CC(=O)c1ccc(-c2nnn(Cc3ccccc3)c2C(F)(F)F)cc1. The van der Waals surface area contributed by atoms with Crippen LogP contribution >= 0.6 is 0 Å². The molecule has 3 aromatic rings.